The molecule has 0 radical (unpaired) electrons. The smallest absolute Gasteiger partial charge is 0.174 e. The summed E-state index contributed by atoms with van der Waals surface area (Å²) in [5.41, 5.74) is 2.53. The van der Waals surface area contributed by atoms with E-state index >= 15 is 0 Å². The van der Waals surface area contributed by atoms with Gasteiger partial charge in [-0.1, -0.05) is 65.5 Å². The number of ether oxygens (including phenoxy) is 1. The van der Waals surface area contributed by atoms with Gasteiger partial charge in [0.1, 0.15) is 13.1 Å². The maximum Gasteiger partial charge on any atom is 0.174 e. The molecule has 3 fully saturated rings. The first-order valence-electron chi connectivity index (χ1n) is 15.3. The van der Waals surface area contributed by atoms with Crippen LogP contribution in [0.15, 0.2) is 11.6 Å². The van der Waals surface area contributed by atoms with Crippen LogP contribution in [0.2, 0.25) is 0 Å². The quantitative estimate of drug-likeness (QED) is 0.127. The van der Waals surface area contributed by atoms with Crippen molar-refractivity contribution >= 4 is 6.29 Å². The molecule has 0 aliphatic heterocycles. The lowest BCUT2D eigenvalue weighted by Crippen LogP contribution is -2.51. The minimum absolute atomic E-state index is 0.0119. The second kappa shape index (κ2) is 11.2. The summed E-state index contributed by atoms with van der Waals surface area (Å²) >= 11 is 0. The van der Waals surface area contributed by atoms with Gasteiger partial charge in [0.15, 0.2) is 6.29 Å². The average molecular weight is 502 g/mol. The molecule has 0 aromatic rings. The Morgan fingerprint density at radius 1 is 1.11 bits per heavy atom. The molecule has 4 aliphatic rings. The van der Waals surface area contributed by atoms with Crippen LogP contribution in [-0.4, -0.2) is 43.8 Å². The van der Waals surface area contributed by atoms with Crippen LogP contribution in [0.3, 0.4) is 0 Å². The number of hydroxylamine groups is 3. The second-order valence-corrected chi connectivity index (χ2v) is 14.4. The topological polar surface area (TPSA) is 49.4 Å². The van der Waals surface area contributed by atoms with Crippen LogP contribution >= 0.6 is 0 Å². The van der Waals surface area contributed by atoms with Crippen molar-refractivity contribution in [3.8, 4) is 0 Å². The first-order valence-corrected chi connectivity index (χ1v) is 15.3. The zero-order chi connectivity index (χ0) is 26.1. The molecule has 4 heteroatoms. The van der Waals surface area contributed by atoms with E-state index in [1.807, 2.05) is 0 Å². The van der Waals surface area contributed by atoms with Crippen molar-refractivity contribution in [3.63, 3.8) is 0 Å². The molecule has 4 nitrogen and oxygen atoms in total. The largest absolute Gasteiger partial charge is 0.633 e. The van der Waals surface area contributed by atoms with E-state index < -0.39 is 4.65 Å². The molecule has 0 N–H and O–H groups in total. The molecule has 0 heterocycles. The van der Waals surface area contributed by atoms with Crippen molar-refractivity contribution in [2.24, 2.45) is 46.3 Å². The fourth-order valence-corrected chi connectivity index (χ4v) is 9.46. The van der Waals surface area contributed by atoms with Gasteiger partial charge in [-0.3, -0.25) is 4.79 Å². The van der Waals surface area contributed by atoms with Gasteiger partial charge in [-0.05, 0) is 97.7 Å². The lowest BCUT2D eigenvalue weighted by Gasteiger charge is -2.58. The highest BCUT2D eigenvalue weighted by Crippen LogP contribution is 2.67. The predicted molar refractivity (Wildman–Crippen MR) is 148 cm³/mol. The number of nitrogens with zero attached hydrogens (tertiary/aromatic N) is 1. The van der Waals surface area contributed by atoms with E-state index in [4.69, 9.17) is 4.74 Å². The second-order valence-electron chi connectivity index (χ2n) is 14.4. The Balaban J connectivity index is 1.37. The minimum atomic E-state index is -0.530. The number of rotatable bonds is 11. The molecule has 0 saturated heterocycles. The van der Waals surface area contributed by atoms with E-state index in [1.165, 1.54) is 57.8 Å². The van der Waals surface area contributed by atoms with Crippen molar-refractivity contribution in [1.29, 1.82) is 0 Å². The van der Waals surface area contributed by atoms with Crippen LogP contribution in [0, 0.1) is 51.5 Å². The summed E-state index contributed by atoms with van der Waals surface area (Å²) < 4.78 is 5.67. The zero-order valence-corrected chi connectivity index (χ0v) is 24.3. The summed E-state index contributed by atoms with van der Waals surface area (Å²) in [6, 6.07) is 0. The first kappa shape index (κ1) is 28.3. The number of hydrogen-bond donors (Lipinski definition) is 0. The molecule has 9 atom stereocenters. The summed E-state index contributed by atoms with van der Waals surface area (Å²) in [6.45, 7) is 13.4. The number of carbonyl (C=O) groups is 1. The highest BCUT2D eigenvalue weighted by Gasteiger charge is 2.59. The third kappa shape index (κ3) is 5.66. The molecular formula is C32H55NO3. The Morgan fingerprint density at radius 2 is 1.89 bits per heavy atom. The van der Waals surface area contributed by atoms with E-state index in [2.05, 4.69) is 40.7 Å². The van der Waals surface area contributed by atoms with Gasteiger partial charge in [-0.25, -0.2) is 0 Å². The van der Waals surface area contributed by atoms with E-state index in [0.717, 1.165) is 54.6 Å². The molecule has 4 unspecified atom stereocenters. The molecule has 0 aromatic carbocycles. The monoisotopic (exact) mass is 501 g/mol. The van der Waals surface area contributed by atoms with Gasteiger partial charge in [-0.15, -0.1) is 0 Å². The molecule has 206 valence electrons. The van der Waals surface area contributed by atoms with Crippen molar-refractivity contribution < 1.29 is 14.2 Å². The van der Waals surface area contributed by atoms with Gasteiger partial charge in [0, 0.05) is 0 Å². The van der Waals surface area contributed by atoms with E-state index in [-0.39, 0.29) is 12.6 Å². The van der Waals surface area contributed by atoms with Gasteiger partial charge < -0.3 is 14.6 Å². The third-order valence-electron chi connectivity index (χ3n) is 11.6. The van der Waals surface area contributed by atoms with Crippen molar-refractivity contribution in [3.05, 3.63) is 16.9 Å². The Bertz CT molecular complexity index is 790. The number of quaternary nitrogens is 1. The summed E-state index contributed by atoms with van der Waals surface area (Å²) in [7, 11) is 1.57. The number of allylic oxidation sites excluding steroid dienone is 1. The van der Waals surface area contributed by atoms with Crippen LogP contribution in [0.25, 0.3) is 0 Å². The molecule has 0 amide bonds. The molecule has 0 aromatic heterocycles. The Kier molecular flexibility index (Phi) is 8.79. The van der Waals surface area contributed by atoms with Gasteiger partial charge in [-0.2, -0.15) is 0 Å². The molecule has 0 spiro atoms. The van der Waals surface area contributed by atoms with Gasteiger partial charge in [0.25, 0.3) is 0 Å². The summed E-state index contributed by atoms with van der Waals surface area (Å²) in [5.74, 6) is 5.22. The fourth-order valence-electron chi connectivity index (χ4n) is 9.46. The molecule has 3 saturated carbocycles. The predicted octanol–water partition coefficient (Wildman–Crippen LogP) is 7.56. The van der Waals surface area contributed by atoms with Crippen LogP contribution < -0.4 is 0 Å². The molecule has 4 aliphatic carbocycles. The number of fused-ring (bicyclic) bond motifs is 5. The maximum absolute atomic E-state index is 12.3. The number of aldehydes is 1. The molecule has 0 bridgehead atoms. The number of hydrogen-bond acceptors (Lipinski definition) is 3. The average Bonchev–Trinajstić information content (AvgIpc) is 3.16. The third-order valence-corrected chi connectivity index (χ3v) is 11.6. The SMILES string of the molecule is CC(C)CCC[C@@H](C)[C@H]1CCC2C3CC=C4C[C@@H](OCC[N+](C)([O-])CC=O)CC[C@]4(C)C3CC[C@@]21C. The van der Waals surface area contributed by atoms with E-state index in [1.54, 1.807) is 12.6 Å². The minimum Gasteiger partial charge on any atom is -0.633 e. The normalized spacial score (nSPS) is 40.6. The maximum atomic E-state index is 12.3. The highest BCUT2D eigenvalue weighted by atomic mass is 16.6. The first-order chi connectivity index (χ1) is 17.0. The Labute approximate surface area is 221 Å². The van der Waals surface area contributed by atoms with Gasteiger partial charge in [0.05, 0.1) is 19.8 Å². The summed E-state index contributed by atoms with van der Waals surface area (Å²) in [5, 5.41) is 12.3. The standard InChI is InChI=1S/C32H55NO3/c1-23(2)8-7-9-24(3)28-12-13-29-27-11-10-25-22-26(36-21-19-33(6,35)18-20-34)14-16-31(25,4)30(27)15-17-32(28,29)5/h10,20,23-24,26-30H,7-9,11-19,21-22H2,1-6H3/t24-,26+,27?,28-,29?,30?,31+,32-,33?/m1/s1. The molecule has 4 rings (SSSR count). The zero-order valence-electron chi connectivity index (χ0n) is 24.3. The van der Waals surface area contributed by atoms with Crippen molar-refractivity contribution in [2.75, 3.05) is 26.7 Å². The number of likely N-dealkylation sites (N-methyl/N-ethyl adjacent to an activating group) is 1. The van der Waals surface area contributed by atoms with E-state index in [9.17, 15) is 10.0 Å². The van der Waals surface area contributed by atoms with Crippen LogP contribution in [0.5, 0.6) is 0 Å². The summed E-state index contributed by atoms with van der Waals surface area (Å²) in [4.78, 5) is 10.7. The van der Waals surface area contributed by atoms with E-state index in [0.29, 0.717) is 24.0 Å². The van der Waals surface area contributed by atoms with Gasteiger partial charge >= 0.3 is 0 Å². The molecule has 36 heavy (non-hydrogen) atoms. The summed E-state index contributed by atoms with van der Waals surface area (Å²) in [6.07, 6.45) is 18.2. The molecular weight excluding hydrogens is 446 g/mol. The van der Waals surface area contributed by atoms with Gasteiger partial charge in [0.2, 0.25) is 0 Å². The van der Waals surface area contributed by atoms with Crippen molar-refractivity contribution in [1.82, 2.24) is 0 Å². The van der Waals surface area contributed by atoms with Crippen LogP contribution in [0.1, 0.15) is 105 Å². The van der Waals surface area contributed by atoms with Crippen LogP contribution in [0.4, 0.5) is 0 Å². The highest BCUT2D eigenvalue weighted by molar-refractivity contribution is 5.50. The lowest BCUT2D eigenvalue weighted by molar-refractivity contribution is -0.852. The Morgan fingerprint density at radius 3 is 2.61 bits per heavy atom. The van der Waals surface area contributed by atoms with Crippen LogP contribution in [-0.2, 0) is 9.53 Å². The van der Waals surface area contributed by atoms with Crippen molar-refractivity contribution in [2.45, 2.75) is 111 Å². The Hall–Kier alpha value is -0.710. The number of carbonyl (C=O) groups excluding carboxylic acids is 1. The fraction of sp³-hybridized carbons (Fsp3) is 0.906. The lowest BCUT2D eigenvalue weighted by atomic mass is 9.47.